The Morgan fingerprint density at radius 2 is 1.91 bits per heavy atom. The maximum absolute atomic E-state index is 4.62. The maximum Gasteiger partial charge on any atom is 0.167 e. The fraction of sp³-hybridized carbons (Fsp3) is 0.176. The number of fused-ring (bicyclic) bond motifs is 2. The molecule has 3 aromatic heterocycles. The van der Waals surface area contributed by atoms with Gasteiger partial charge >= 0.3 is 0 Å². The molecule has 3 heterocycles. The second kappa shape index (κ2) is 5.31. The van der Waals surface area contributed by atoms with Crippen LogP contribution in [0, 0.1) is 6.92 Å². The molecule has 1 aromatic carbocycles. The van der Waals surface area contributed by atoms with Gasteiger partial charge in [-0.2, -0.15) is 0 Å². The van der Waals surface area contributed by atoms with Gasteiger partial charge in [0.25, 0.3) is 0 Å². The Bertz CT molecular complexity index is 990. The minimum Gasteiger partial charge on any atom is -0.365 e. The van der Waals surface area contributed by atoms with E-state index in [1.807, 2.05) is 42.8 Å². The average molecular weight is 304 g/mol. The minimum atomic E-state index is 0.672. The van der Waals surface area contributed by atoms with E-state index in [9.17, 15) is 0 Å². The SMILES string of the molecule is Cc1nc2cc3c(NCc4ccccc4)ncnc3nc2n1C. The molecule has 6 heteroatoms. The number of benzene rings is 1. The molecule has 0 fully saturated rings. The molecular formula is C17H16N6. The zero-order valence-electron chi connectivity index (χ0n) is 13.0. The van der Waals surface area contributed by atoms with Crippen LogP contribution in [0.3, 0.4) is 0 Å². The van der Waals surface area contributed by atoms with Crippen LogP contribution in [0.2, 0.25) is 0 Å². The van der Waals surface area contributed by atoms with Gasteiger partial charge in [0.05, 0.1) is 5.39 Å². The Hall–Kier alpha value is -3.02. The Balaban J connectivity index is 1.77. The van der Waals surface area contributed by atoms with Gasteiger partial charge in [0.15, 0.2) is 11.3 Å². The van der Waals surface area contributed by atoms with E-state index < -0.39 is 0 Å². The van der Waals surface area contributed by atoms with E-state index in [1.54, 1.807) is 0 Å². The second-order valence-electron chi connectivity index (χ2n) is 5.48. The summed E-state index contributed by atoms with van der Waals surface area (Å²) in [6.45, 7) is 2.67. The number of rotatable bonds is 3. The molecule has 114 valence electrons. The van der Waals surface area contributed by atoms with Crippen LogP contribution >= 0.6 is 0 Å². The summed E-state index contributed by atoms with van der Waals surface area (Å²) in [4.78, 5) is 17.8. The number of hydrogen-bond donors (Lipinski definition) is 1. The molecule has 4 aromatic rings. The van der Waals surface area contributed by atoms with Crippen LogP contribution in [0.25, 0.3) is 22.2 Å². The highest BCUT2D eigenvalue weighted by Gasteiger charge is 2.11. The summed E-state index contributed by atoms with van der Waals surface area (Å²) in [6, 6.07) is 12.2. The summed E-state index contributed by atoms with van der Waals surface area (Å²) in [5, 5.41) is 4.25. The lowest BCUT2D eigenvalue weighted by molar-refractivity contribution is 0.875. The van der Waals surface area contributed by atoms with Crippen molar-refractivity contribution in [3.05, 3.63) is 54.1 Å². The van der Waals surface area contributed by atoms with Gasteiger partial charge < -0.3 is 9.88 Å². The lowest BCUT2D eigenvalue weighted by Gasteiger charge is -2.08. The van der Waals surface area contributed by atoms with Crippen molar-refractivity contribution < 1.29 is 0 Å². The highest BCUT2D eigenvalue weighted by atomic mass is 15.1. The fourth-order valence-electron chi connectivity index (χ4n) is 2.62. The monoisotopic (exact) mass is 304 g/mol. The second-order valence-corrected chi connectivity index (χ2v) is 5.48. The minimum absolute atomic E-state index is 0.672. The van der Waals surface area contributed by atoms with Gasteiger partial charge in [-0.05, 0) is 18.6 Å². The molecule has 0 saturated heterocycles. The van der Waals surface area contributed by atoms with Crippen molar-refractivity contribution in [1.82, 2.24) is 24.5 Å². The molecular weight excluding hydrogens is 288 g/mol. The Morgan fingerprint density at radius 1 is 1.09 bits per heavy atom. The molecule has 0 spiro atoms. The normalized spacial score (nSPS) is 11.2. The fourth-order valence-corrected chi connectivity index (χ4v) is 2.62. The molecule has 6 nitrogen and oxygen atoms in total. The Morgan fingerprint density at radius 3 is 2.74 bits per heavy atom. The van der Waals surface area contributed by atoms with E-state index in [-0.39, 0.29) is 0 Å². The number of nitrogens with one attached hydrogen (secondary N) is 1. The number of imidazole rings is 1. The smallest absolute Gasteiger partial charge is 0.167 e. The maximum atomic E-state index is 4.62. The van der Waals surface area contributed by atoms with Crippen molar-refractivity contribution in [2.45, 2.75) is 13.5 Å². The van der Waals surface area contributed by atoms with Crippen LogP contribution in [-0.2, 0) is 13.6 Å². The molecule has 1 N–H and O–H groups in total. The molecule has 0 saturated carbocycles. The number of pyridine rings is 1. The summed E-state index contributed by atoms with van der Waals surface area (Å²) in [5.41, 5.74) is 3.56. The summed E-state index contributed by atoms with van der Waals surface area (Å²) >= 11 is 0. The number of aromatic nitrogens is 5. The first-order chi connectivity index (χ1) is 11.2. The summed E-state index contributed by atoms with van der Waals surface area (Å²) in [7, 11) is 1.96. The van der Waals surface area contributed by atoms with Crippen LogP contribution in [-0.4, -0.2) is 24.5 Å². The Labute approximate surface area is 133 Å². The molecule has 0 aliphatic heterocycles. The van der Waals surface area contributed by atoms with Crippen LogP contribution in [0.5, 0.6) is 0 Å². The van der Waals surface area contributed by atoms with Crippen molar-refractivity contribution >= 4 is 28.0 Å². The molecule has 23 heavy (non-hydrogen) atoms. The van der Waals surface area contributed by atoms with Gasteiger partial charge in [0.2, 0.25) is 0 Å². The highest BCUT2D eigenvalue weighted by Crippen LogP contribution is 2.23. The van der Waals surface area contributed by atoms with Crippen LogP contribution in [0.4, 0.5) is 5.82 Å². The lowest BCUT2D eigenvalue weighted by atomic mass is 10.2. The largest absolute Gasteiger partial charge is 0.365 e. The predicted octanol–water partition coefficient (Wildman–Crippen LogP) is 2.83. The predicted molar refractivity (Wildman–Crippen MR) is 90.1 cm³/mol. The van der Waals surface area contributed by atoms with Crippen LogP contribution in [0.15, 0.2) is 42.7 Å². The number of nitrogens with zero attached hydrogens (tertiary/aromatic N) is 5. The summed E-state index contributed by atoms with van der Waals surface area (Å²) in [6.07, 6.45) is 1.54. The number of anilines is 1. The zero-order chi connectivity index (χ0) is 15.8. The summed E-state index contributed by atoms with van der Waals surface area (Å²) in [5.74, 6) is 1.70. The van der Waals surface area contributed by atoms with Crippen molar-refractivity contribution in [3.63, 3.8) is 0 Å². The van der Waals surface area contributed by atoms with Gasteiger partial charge in [-0.1, -0.05) is 30.3 Å². The van der Waals surface area contributed by atoms with Crippen molar-refractivity contribution in [2.75, 3.05) is 5.32 Å². The third-order valence-electron chi connectivity index (χ3n) is 3.97. The standard InChI is InChI=1S/C17H16N6/c1-11-21-14-8-13-15(18-9-12-6-4-3-5-7-12)19-10-20-16(13)22-17(14)23(11)2/h3-8,10H,9H2,1-2H3,(H,18,19,20,22). The summed E-state index contributed by atoms with van der Waals surface area (Å²) < 4.78 is 1.97. The number of hydrogen-bond acceptors (Lipinski definition) is 5. The van der Waals surface area contributed by atoms with Gasteiger partial charge in [-0.15, -0.1) is 0 Å². The van der Waals surface area contributed by atoms with E-state index in [0.29, 0.717) is 12.2 Å². The van der Waals surface area contributed by atoms with E-state index in [2.05, 4.69) is 37.4 Å². The molecule has 0 aliphatic rings. The average Bonchev–Trinajstić information content (AvgIpc) is 2.86. The topological polar surface area (TPSA) is 68.5 Å². The zero-order valence-corrected chi connectivity index (χ0v) is 13.0. The van der Waals surface area contributed by atoms with Crippen LogP contribution < -0.4 is 5.32 Å². The van der Waals surface area contributed by atoms with Crippen molar-refractivity contribution in [2.24, 2.45) is 7.05 Å². The first-order valence-electron chi connectivity index (χ1n) is 7.45. The van der Waals surface area contributed by atoms with Crippen LogP contribution in [0.1, 0.15) is 11.4 Å². The third kappa shape index (κ3) is 2.38. The highest BCUT2D eigenvalue weighted by molar-refractivity contribution is 5.94. The van der Waals surface area contributed by atoms with E-state index in [0.717, 1.165) is 28.2 Å². The van der Waals surface area contributed by atoms with Gasteiger partial charge in [-0.25, -0.2) is 19.9 Å². The molecule has 0 atom stereocenters. The first-order valence-corrected chi connectivity index (χ1v) is 7.45. The van der Waals surface area contributed by atoms with Crippen molar-refractivity contribution in [3.8, 4) is 0 Å². The quantitative estimate of drug-likeness (QED) is 0.630. The third-order valence-corrected chi connectivity index (χ3v) is 3.97. The molecule has 0 aliphatic carbocycles. The van der Waals surface area contributed by atoms with Crippen molar-refractivity contribution in [1.29, 1.82) is 0 Å². The molecule has 0 amide bonds. The van der Waals surface area contributed by atoms with E-state index in [1.165, 1.54) is 11.9 Å². The number of aryl methyl sites for hydroxylation is 2. The van der Waals surface area contributed by atoms with E-state index in [4.69, 9.17) is 0 Å². The van der Waals surface area contributed by atoms with Gasteiger partial charge in [-0.3, -0.25) is 0 Å². The molecule has 0 unspecified atom stereocenters. The van der Waals surface area contributed by atoms with E-state index >= 15 is 0 Å². The van der Waals surface area contributed by atoms with Gasteiger partial charge in [0, 0.05) is 13.6 Å². The first kappa shape index (κ1) is 13.6. The molecule has 0 radical (unpaired) electrons. The van der Waals surface area contributed by atoms with Gasteiger partial charge in [0.1, 0.15) is 23.5 Å². The molecule has 4 rings (SSSR count). The Kier molecular flexibility index (Phi) is 3.15. The lowest BCUT2D eigenvalue weighted by Crippen LogP contribution is -2.03. The molecule has 0 bridgehead atoms.